The van der Waals surface area contributed by atoms with Gasteiger partial charge in [0, 0.05) is 31.2 Å². The first-order chi connectivity index (χ1) is 7.99. The molecule has 0 saturated carbocycles. The normalized spacial score (nSPS) is 12.7. The molecule has 0 amide bonds. The maximum Gasteiger partial charge on any atom is 0.160 e. The standard InChI is InChI=1S/C13H16BrNO2/c1-15(2)8-7-12(16)9-13(17)10-3-5-11(14)6-4-10/h3-8,13,17H,9H2,1-2H3/b8-7+. The van der Waals surface area contributed by atoms with Crippen molar-refractivity contribution in [2.75, 3.05) is 14.1 Å². The summed E-state index contributed by atoms with van der Waals surface area (Å²) in [5, 5.41) is 9.86. The van der Waals surface area contributed by atoms with Crippen molar-refractivity contribution in [3.05, 3.63) is 46.6 Å². The van der Waals surface area contributed by atoms with Crippen molar-refractivity contribution in [1.82, 2.24) is 4.90 Å². The van der Waals surface area contributed by atoms with Crippen LogP contribution in [-0.4, -0.2) is 29.9 Å². The van der Waals surface area contributed by atoms with Gasteiger partial charge in [-0.1, -0.05) is 28.1 Å². The lowest BCUT2D eigenvalue weighted by Gasteiger charge is -2.09. The molecule has 0 fully saturated rings. The molecule has 1 N–H and O–H groups in total. The lowest BCUT2D eigenvalue weighted by Crippen LogP contribution is -2.06. The second-order valence-electron chi connectivity index (χ2n) is 4.02. The molecule has 92 valence electrons. The van der Waals surface area contributed by atoms with E-state index in [1.54, 1.807) is 23.2 Å². The Morgan fingerprint density at radius 1 is 1.41 bits per heavy atom. The van der Waals surface area contributed by atoms with Crippen molar-refractivity contribution in [2.45, 2.75) is 12.5 Å². The fourth-order valence-electron chi connectivity index (χ4n) is 1.29. The summed E-state index contributed by atoms with van der Waals surface area (Å²) in [6, 6.07) is 7.30. The third-order valence-electron chi connectivity index (χ3n) is 2.21. The van der Waals surface area contributed by atoms with E-state index in [0.29, 0.717) is 0 Å². The molecule has 1 aromatic rings. The van der Waals surface area contributed by atoms with Crippen LogP contribution in [0.3, 0.4) is 0 Å². The number of ketones is 1. The van der Waals surface area contributed by atoms with E-state index < -0.39 is 6.10 Å². The number of hydrogen-bond acceptors (Lipinski definition) is 3. The van der Waals surface area contributed by atoms with Crippen LogP contribution in [0.25, 0.3) is 0 Å². The maximum atomic E-state index is 11.5. The number of benzene rings is 1. The molecule has 1 rings (SSSR count). The van der Waals surface area contributed by atoms with E-state index in [0.717, 1.165) is 10.0 Å². The van der Waals surface area contributed by atoms with E-state index >= 15 is 0 Å². The van der Waals surface area contributed by atoms with Crippen molar-refractivity contribution >= 4 is 21.7 Å². The maximum absolute atomic E-state index is 11.5. The van der Waals surface area contributed by atoms with Gasteiger partial charge in [-0.3, -0.25) is 4.79 Å². The summed E-state index contributed by atoms with van der Waals surface area (Å²) in [4.78, 5) is 13.3. The molecule has 3 nitrogen and oxygen atoms in total. The van der Waals surface area contributed by atoms with Crippen LogP contribution in [0, 0.1) is 0 Å². The highest BCUT2D eigenvalue weighted by molar-refractivity contribution is 9.10. The Bertz CT molecular complexity index is 398. The zero-order chi connectivity index (χ0) is 12.8. The lowest BCUT2D eigenvalue weighted by molar-refractivity contribution is -0.116. The third-order valence-corrected chi connectivity index (χ3v) is 2.74. The van der Waals surface area contributed by atoms with Crippen LogP contribution in [0.1, 0.15) is 18.1 Å². The van der Waals surface area contributed by atoms with E-state index in [1.807, 2.05) is 26.2 Å². The van der Waals surface area contributed by atoms with Crippen LogP contribution in [0.2, 0.25) is 0 Å². The number of aliphatic hydroxyl groups excluding tert-OH is 1. The topological polar surface area (TPSA) is 40.5 Å². The predicted molar refractivity (Wildman–Crippen MR) is 71.6 cm³/mol. The summed E-state index contributed by atoms with van der Waals surface area (Å²) >= 11 is 3.32. The van der Waals surface area contributed by atoms with Gasteiger partial charge < -0.3 is 10.0 Å². The van der Waals surface area contributed by atoms with Crippen LogP contribution in [0.15, 0.2) is 41.0 Å². The number of nitrogens with zero attached hydrogens (tertiary/aromatic N) is 1. The second kappa shape index (κ2) is 6.57. The number of aliphatic hydroxyl groups is 1. The van der Waals surface area contributed by atoms with E-state index in [9.17, 15) is 9.90 Å². The molecule has 1 unspecified atom stereocenters. The van der Waals surface area contributed by atoms with Crippen LogP contribution in [0.4, 0.5) is 0 Å². The number of allylic oxidation sites excluding steroid dienone is 1. The van der Waals surface area contributed by atoms with Crippen molar-refractivity contribution < 1.29 is 9.90 Å². The number of rotatable bonds is 5. The van der Waals surface area contributed by atoms with Gasteiger partial charge in [0.05, 0.1) is 6.10 Å². The molecule has 0 aliphatic carbocycles. The highest BCUT2D eigenvalue weighted by Crippen LogP contribution is 2.19. The van der Waals surface area contributed by atoms with E-state index in [4.69, 9.17) is 0 Å². The summed E-state index contributed by atoms with van der Waals surface area (Å²) < 4.78 is 0.951. The average Bonchev–Trinajstić information content (AvgIpc) is 2.27. The number of carbonyl (C=O) groups is 1. The lowest BCUT2D eigenvalue weighted by atomic mass is 10.0. The average molecular weight is 298 g/mol. The van der Waals surface area contributed by atoms with Crippen molar-refractivity contribution in [2.24, 2.45) is 0 Å². The number of hydrogen-bond donors (Lipinski definition) is 1. The van der Waals surface area contributed by atoms with Crippen molar-refractivity contribution in [1.29, 1.82) is 0 Å². The molecule has 17 heavy (non-hydrogen) atoms. The zero-order valence-electron chi connectivity index (χ0n) is 9.93. The summed E-state index contributed by atoms with van der Waals surface area (Å²) in [6.07, 6.45) is 2.51. The molecule has 0 heterocycles. The highest BCUT2D eigenvalue weighted by Gasteiger charge is 2.10. The Morgan fingerprint density at radius 2 is 2.00 bits per heavy atom. The molecule has 0 radical (unpaired) electrons. The SMILES string of the molecule is CN(C)/C=C/C(=O)CC(O)c1ccc(Br)cc1. The molecule has 0 aromatic heterocycles. The summed E-state index contributed by atoms with van der Waals surface area (Å²) in [5.74, 6) is -0.0888. The Hall–Kier alpha value is -1.13. The largest absolute Gasteiger partial charge is 0.388 e. The van der Waals surface area contributed by atoms with Gasteiger partial charge in [-0.05, 0) is 23.8 Å². The van der Waals surface area contributed by atoms with Crippen LogP contribution >= 0.6 is 15.9 Å². The fourth-order valence-corrected chi connectivity index (χ4v) is 1.56. The molecule has 0 aliphatic rings. The van der Waals surface area contributed by atoms with Crippen molar-refractivity contribution in [3.8, 4) is 0 Å². The van der Waals surface area contributed by atoms with Gasteiger partial charge >= 0.3 is 0 Å². The molecule has 0 saturated heterocycles. The number of halogens is 1. The summed E-state index contributed by atoms with van der Waals surface area (Å²) in [7, 11) is 3.68. The molecular weight excluding hydrogens is 282 g/mol. The quantitative estimate of drug-likeness (QED) is 0.849. The summed E-state index contributed by atoms with van der Waals surface area (Å²) in [6.45, 7) is 0. The van der Waals surface area contributed by atoms with Gasteiger partial charge in [0.1, 0.15) is 0 Å². The van der Waals surface area contributed by atoms with E-state index in [2.05, 4.69) is 15.9 Å². The minimum Gasteiger partial charge on any atom is -0.388 e. The van der Waals surface area contributed by atoms with Gasteiger partial charge in [0.15, 0.2) is 5.78 Å². The van der Waals surface area contributed by atoms with Gasteiger partial charge in [0.2, 0.25) is 0 Å². The predicted octanol–water partition coefficient (Wildman–Crippen LogP) is 2.52. The minimum atomic E-state index is -0.748. The number of carbonyl (C=O) groups excluding carboxylic acids is 1. The highest BCUT2D eigenvalue weighted by atomic mass is 79.9. The first-order valence-corrected chi connectivity index (χ1v) is 6.09. The molecule has 0 spiro atoms. The molecule has 1 aromatic carbocycles. The van der Waals surface area contributed by atoms with Gasteiger partial charge in [-0.2, -0.15) is 0 Å². The van der Waals surface area contributed by atoms with Gasteiger partial charge in [-0.25, -0.2) is 0 Å². The van der Waals surface area contributed by atoms with Crippen LogP contribution < -0.4 is 0 Å². The molecular formula is C13H16BrNO2. The second-order valence-corrected chi connectivity index (χ2v) is 4.93. The Labute approximate surface area is 110 Å². The monoisotopic (exact) mass is 297 g/mol. The smallest absolute Gasteiger partial charge is 0.160 e. The fraction of sp³-hybridized carbons (Fsp3) is 0.308. The van der Waals surface area contributed by atoms with Crippen molar-refractivity contribution in [3.63, 3.8) is 0 Å². The van der Waals surface area contributed by atoms with Crippen LogP contribution in [-0.2, 0) is 4.79 Å². The summed E-state index contributed by atoms with van der Waals surface area (Å²) in [5.41, 5.74) is 0.750. The van der Waals surface area contributed by atoms with E-state index in [-0.39, 0.29) is 12.2 Å². The molecule has 0 bridgehead atoms. The molecule has 0 aliphatic heterocycles. The molecule has 4 heteroatoms. The van der Waals surface area contributed by atoms with Gasteiger partial charge in [-0.15, -0.1) is 0 Å². The van der Waals surface area contributed by atoms with Gasteiger partial charge in [0.25, 0.3) is 0 Å². The first-order valence-electron chi connectivity index (χ1n) is 5.30. The van der Waals surface area contributed by atoms with Crippen LogP contribution in [0.5, 0.6) is 0 Å². The molecule has 1 atom stereocenters. The third kappa shape index (κ3) is 5.15. The first kappa shape index (κ1) is 13.9. The Morgan fingerprint density at radius 3 is 2.53 bits per heavy atom. The van der Waals surface area contributed by atoms with E-state index in [1.165, 1.54) is 6.08 Å². The zero-order valence-corrected chi connectivity index (χ0v) is 11.5. The Balaban J connectivity index is 2.57. The minimum absolute atomic E-state index is 0.0888. The Kier molecular flexibility index (Phi) is 5.38.